The Balaban J connectivity index is 1.85. The lowest BCUT2D eigenvalue weighted by Gasteiger charge is -2.26. The number of aromatic nitrogens is 1. The molecule has 1 aliphatic rings. The van der Waals surface area contributed by atoms with Crippen LogP contribution < -0.4 is 20.7 Å². The first-order valence-electron chi connectivity index (χ1n) is 16.1. The molecule has 11 heteroatoms. The molecule has 1 saturated heterocycles. The summed E-state index contributed by atoms with van der Waals surface area (Å²) in [6, 6.07) is 11.4. The molecule has 3 aromatic rings. The molecule has 0 atom stereocenters. The van der Waals surface area contributed by atoms with Crippen molar-refractivity contribution in [2.24, 2.45) is 0 Å². The third-order valence-corrected chi connectivity index (χ3v) is 7.51. The molecule has 248 valence electrons. The molecule has 1 fully saturated rings. The van der Waals surface area contributed by atoms with Crippen LogP contribution in [0.15, 0.2) is 40.9 Å². The molecular weight excluding hydrogens is 586 g/mol. The van der Waals surface area contributed by atoms with Gasteiger partial charge in [-0.15, -0.1) is 0 Å². The van der Waals surface area contributed by atoms with Crippen LogP contribution in [0.4, 0.5) is 4.79 Å². The van der Waals surface area contributed by atoms with Gasteiger partial charge in [-0.3, -0.25) is 14.5 Å². The molecule has 0 bridgehead atoms. The number of carbonyl (C=O) groups excluding carboxylic acids is 3. The Morgan fingerprint density at radius 3 is 2.24 bits per heavy atom. The van der Waals surface area contributed by atoms with Crippen LogP contribution >= 0.6 is 0 Å². The number of nitrogens with zero attached hydrogens (tertiary/aromatic N) is 2. The quantitative estimate of drug-likeness (QED) is 0.245. The van der Waals surface area contributed by atoms with Gasteiger partial charge in [-0.05, 0) is 74.9 Å². The van der Waals surface area contributed by atoms with Gasteiger partial charge in [0.05, 0.1) is 30.8 Å². The van der Waals surface area contributed by atoms with Crippen molar-refractivity contribution in [3.63, 3.8) is 0 Å². The average Bonchev–Trinajstić information content (AvgIpc) is 3.42. The molecule has 11 nitrogen and oxygen atoms in total. The third kappa shape index (κ3) is 8.95. The van der Waals surface area contributed by atoms with Gasteiger partial charge >= 0.3 is 6.09 Å². The van der Waals surface area contributed by atoms with Gasteiger partial charge in [0.2, 0.25) is 5.91 Å². The van der Waals surface area contributed by atoms with E-state index in [-0.39, 0.29) is 53.4 Å². The summed E-state index contributed by atoms with van der Waals surface area (Å²) in [5.74, 6) is -0.0182. The molecule has 0 aliphatic carbocycles. The summed E-state index contributed by atoms with van der Waals surface area (Å²) >= 11 is 0. The zero-order valence-electron chi connectivity index (χ0n) is 28.0. The largest absolute Gasteiger partial charge is 0.412 e. The van der Waals surface area contributed by atoms with Crippen LogP contribution in [0.2, 0.25) is 0 Å². The summed E-state index contributed by atoms with van der Waals surface area (Å²) in [6.45, 7) is 17.8. The maximum Gasteiger partial charge on any atom is 0.412 e. The van der Waals surface area contributed by atoms with Gasteiger partial charge < -0.3 is 29.9 Å². The number of nitrogens with one attached hydrogen (secondary N) is 3. The Hall–Kier alpha value is -4.22. The van der Waals surface area contributed by atoms with E-state index in [2.05, 4.69) is 26.0 Å². The lowest BCUT2D eigenvalue weighted by atomic mass is 9.90. The van der Waals surface area contributed by atoms with Crippen molar-refractivity contribution < 1.29 is 28.4 Å². The van der Waals surface area contributed by atoms with Crippen LogP contribution in [0.3, 0.4) is 0 Å². The van der Waals surface area contributed by atoms with Crippen LogP contribution in [0.25, 0.3) is 22.5 Å². The number of benzene rings is 2. The number of ether oxygens (including phenoxy) is 2. The van der Waals surface area contributed by atoms with E-state index >= 15 is 0 Å². The molecule has 1 aliphatic heterocycles. The minimum atomic E-state index is -0.649. The maximum atomic E-state index is 13.2. The summed E-state index contributed by atoms with van der Waals surface area (Å²) in [5.41, 5.74) is 4.52. The standard InChI is InChI=1S/C35H47N5O6/c1-8-36-34(42)32-31(25-11-9-24(10-12-25)20-40-13-15-44-16-14-40)33(46-39-32)28-19-27(21(2)3)26(18-30(41)37-22(4)5)17-29(28)45-35(43)38-23(6)7/h9-12,17,19,21-23H,8,13-16,18,20H2,1-7H3,(H,36,42)(H,37,41)(H,38,43). The van der Waals surface area contributed by atoms with Gasteiger partial charge in [-0.25, -0.2) is 4.79 Å². The molecule has 3 N–H and O–H groups in total. The van der Waals surface area contributed by atoms with Crippen molar-refractivity contribution in [1.82, 2.24) is 26.0 Å². The fourth-order valence-electron chi connectivity index (χ4n) is 5.44. The average molecular weight is 634 g/mol. The number of hydrogen-bond donors (Lipinski definition) is 3. The van der Waals surface area contributed by atoms with Crippen molar-refractivity contribution in [3.05, 3.63) is 58.8 Å². The number of carbonyl (C=O) groups is 3. The van der Waals surface area contributed by atoms with Gasteiger partial charge in [-0.2, -0.15) is 0 Å². The number of amides is 3. The Morgan fingerprint density at radius 1 is 0.957 bits per heavy atom. The van der Waals surface area contributed by atoms with E-state index < -0.39 is 6.09 Å². The molecule has 0 radical (unpaired) electrons. The van der Waals surface area contributed by atoms with Crippen molar-refractivity contribution in [2.45, 2.75) is 79.4 Å². The van der Waals surface area contributed by atoms with Crippen LogP contribution in [-0.2, 0) is 22.5 Å². The minimum absolute atomic E-state index is 0.0212. The summed E-state index contributed by atoms with van der Waals surface area (Å²) in [7, 11) is 0. The molecule has 0 spiro atoms. The van der Waals surface area contributed by atoms with Crippen LogP contribution in [-0.4, -0.2) is 72.9 Å². The number of morpholine rings is 1. The molecule has 3 amide bonds. The van der Waals surface area contributed by atoms with Gasteiger partial charge in [-0.1, -0.05) is 43.3 Å². The predicted octanol–water partition coefficient (Wildman–Crippen LogP) is 5.28. The lowest BCUT2D eigenvalue weighted by Crippen LogP contribution is -2.35. The Kier molecular flexibility index (Phi) is 11.9. The smallest absolute Gasteiger partial charge is 0.410 e. The molecule has 2 heterocycles. The molecule has 46 heavy (non-hydrogen) atoms. The molecular formula is C35H47N5O6. The summed E-state index contributed by atoms with van der Waals surface area (Å²) in [6.07, 6.45) is -0.546. The van der Waals surface area contributed by atoms with E-state index in [1.807, 2.05) is 78.8 Å². The van der Waals surface area contributed by atoms with Crippen molar-refractivity contribution >= 4 is 17.9 Å². The van der Waals surface area contributed by atoms with Gasteiger partial charge in [0.25, 0.3) is 5.91 Å². The highest BCUT2D eigenvalue weighted by Crippen LogP contribution is 2.42. The van der Waals surface area contributed by atoms with Gasteiger partial charge in [0.15, 0.2) is 11.5 Å². The zero-order chi connectivity index (χ0) is 33.4. The Morgan fingerprint density at radius 2 is 1.63 bits per heavy atom. The highest BCUT2D eigenvalue weighted by atomic mass is 16.6. The van der Waals surface area contributed by atoms with E-state index in [1.165, 1.54) is 0 Å². The van der Waals surface area contributed by atoms with Gasteiger partial charge in [0, 0.05) is 38.3 Å². The Bertz CT molecular complexity index is 1510. The number of rotatable bonds is 12. The van der Waals surface area contributed by atoms with Crippen molar-refractivity contribution in [2.75, 3.05) is 32.8 Å². The van der Waals surface area contributed by atoms with E-state index in [9.17, 15) is 14.4 Å². The monoisotopic (exact) mass is 633 g/mol. The van der Waals surface area contributed by atoms with Gasteiger partial charge in [0.1, 0.15) is 5.75 Å². The van der Waals surface area contributed by atoms with E-state index in [0.717, 1.165) is 55.1 Å². The zero-order valence-corrected chi connectivity index (χ0v) is 28.0. The normalized spacial score (nSPS) is 13.7. The summed E-state index contributed by atoms with van der Waals surface area (Å²) in [4.78, 5) is 41.4. The van der Waals surface area contributed by atoms with E-state index in [1.54, 1.807) is 6.07 Å². The van der Waals surface area contributed by atoms with Crippen molar-refractivity contribution in [1.29, 1.82) is 0 Å². The fraction of sp³-hybridized carbons (Fsp3) is 0.486. The Labute approximate surface area is 271 Å². The fourth-order valence-corrected chi connectivity index (χ4v) is 5.44. The SMILES string of the molecule is CCNC(=O)c1noc(-c2cc(C(C)C)c(CC(=O)NC(C)C)cc2OC(=O)NC(C)C)c1-c1ccc(CN2CCOCC2)cc1. The second-order valence-electron chi connectivity index (χ2n) is 12.5. The highest BCUT2D eigenvalue weighted by Gasteiger charge is 2.29. The van der Waals surface area contributed by atoms with Crippen molar-refractivity contribution in [3.8, 4) is 28.2 Å². The minimum Gasteiger partial charge on any atom is -0.410 e. The summed E-state index contributed by atoms with van der Waals surface area (Å²) in [5, 5.41) is 12.7. The van der Waals surface area contributed by atoms with Crippen LogP contribution in [0.5, 0.6) is 5.75 Å². The predicted molar refractivity (Wildman–Crippen MR) is 177 cm³/mol. The maximum absolute atomic E-state index is 13.2. The first-order valence-corrected chi connectivity index (χ1v) is 16.1. The van der Waals surface area contributed by atoms with E-state index in [0.29, 0.717) is 17.7 Å². The number of hydrogen-bond acceptors (Lipinski definition) is 8. The second kappa shape index (κ2) is 15.9. The summed E-state index contributed by atoms with van der Waals surface area (Å²) < 4.78 is 17.3. The third-order valence-electron chi connectivity index (χ3n) is 7.51. The second-order valence-corrected chi connectivity index (χ2v) is 12.5. The highest BCUT2D eigenvalue weighted by molar-refractivity contribution is 6.02. The topological polar surface area (TPSA) is 135 Å². The van der Waals surface area contributed by atoms with E-state index in [4.69, 9.17) is 14.0 Å². The molecule has 0 unspecified atom stereocenters. The molecule has 4 rings (SSSR count). The molecule has 2 aromatic carbocycles. The molecule has 1 aromatic heterocycles. The molecule has 0 saturated carbocycles. The van der Waals surface area contributed by atoms with Crippen LogP contribution in [0, 0.1) is 0 Å². The lowest BCUT2D eigenvalue weighted by molar-refractivity contribution is -0.120. The first-order chi connectivity index (χ1) is 22.0. The first kappa shape index (κ1) is 34.6. The van der Waals surface area contributed by atoms with Crippen LogP contribution in [0.1, 0.15) is 81.6 Å².